The van der Waals surface area contributed by atoms with E-state index in [-0.39, 0.29) is 44.2 Å². The van der Waals surface area contributed by atoms with Gasteiger partial charge in [0.2, 0.25) is 0 Å². The molecule has 0 bridgehead atoms. The molecule has 0 radical (unpaired) electrons. The van der Waals surface area contributed by atoms with Gasteiger partial charge in [0.1, 0.15) is 17.3 Å². The van der Waals surface area contributed by atoms with Crippen molar-refractivity contribution >= 4 is 32.8 Å². The van der Waals surface area contributed by atoms with Crippen molar-refractivity contribution in [2.75, 3.05) is 0 Å². The van der Waals surface area contributed by atoms with Crippen molar-refractivity contribution in [2.45, 2.75) is 105 Å². The van der Waals surface area contributed by atoms with Crippen molar-refractivity contribution in [1.82, 2.24) is 14.1 Å². The summed E-state index contributed by atoms with van der Waals surface area (Å²) in [6, 6.07) is 34.7. The Morgan fingerprint density at radius 1 is 0.387 bits per heavy atom. The lowest BCUT2D eigenvalue weighted by Gasteiger charge is -2.26. The molecule has 0 atom stereocenters. The van der Waals surface area contributed by atoms with Crippen LogP contribution >= 0.6 is 0 Å². The molecule has 0 unspecified atom stereocenters. The zero-order valence-electron chi connectivity index (χ0n) is 72.2. The Bertz CT molecular complexity index is 6070. The van der Waals surface area contributed by atoms with Crippen LogP contribution in [-0.4, -0.2) is 14.1 Å². The first-order valence-electron chi connectivity index (χ1n) is 40.2. The number of hydrogen-bond donors (Lipinski definition) is 0. The molecule has 3 aromatic heterocycles. The van der Waals surface area contributed by atoms with Crippen molar-refractivity contribution in [2.24, 2.45) is 0 Å². The summed E-state index contributed by atoms with van der Waals surface area (Å²) in [4.78, 5) is 4.91. The fourth-order valence-corrected chi connectivity index (χ4v) is 12.0. The Morgan fingerprint density at radius 3 is 1.56 bits per heavy atom. The topological polar surface area (TPSA) is 35.9 Å². The van der Waals surface area contributed by atoms with Crippen LogP contribution in [0.4, 0.5) is 0 Å². The highest BCUT2D eigenvalue weighted by Gasteiger charge is 2.27. The largest absolute Gasteiger partial charge is 0.458 e. The summed E-state index contributed by atoms with van der Waals surface area (Å²) < 4.78 is 182. The van der Waals surface area contributed by atoms with E-state index in [0.29, 0.717) is 33.8 Å². The van der Waals surface area contributed by atoms with Gasteiger partial charge in [-0.15, -0.1) is 0 Å². The van der Waals surface area contributed by atoms with Gasteiger partial charge in [-0.2, -0.15) is 0 Å². The third kappa shape index (κ3) is 11.9. The van der Waals surface area contributed by atoms with Gasteiger partial charge in [-0.25, -0.2) is 4.98 Å². The molecule has 0 aliphatic rings. The molecule has 458 valence electrons. The molecule has 0 fully saturated rings. The summed E-state index contributed by atoms with van der Waals surface area (Å²) in [6.45, 7) is 25.6. The number of imidazole rings is 1. The lowest BCUT2D eigenvalue weighted by molar-refractivity contribution is -0.571. The highest BCUT2D eigenvalue weighted by atomic mass is 16.5. The van der Waals surface area contributed by atoms with Gasteiger partial charge >= 0.3 is 0 Å². The van der Waals surface area contributed by atoms with E-state index in [1.165, 1.54) is 6.07 Å². The summed E-state index contributed by atoms with van der Waals surface area (Å²) in [6.07, 6.45) is 5.56. The van der Waals surface area contributed by atoms with Gasteiger partial charge in [-0.3, -0.25) is 13.7 Å². The van der Waals surface area contributed by atoms with E-state index in [0.717, 1.165) is 61.0 Å². The van der Waals surface area contributed by atoms with Crippen LogP contribution in [-0.2, 0) is 21.7 Å². The quantitative estimate of drug-likeness (QED) is 0.0956. The minimum atomic E-state index is -0.881. The molecule has 0 saturated heterocycles. The second-order valence-electron chi connectivity index (χ2n) is 27.8. The Kier molecular flexibility index (Phi) is 10.7. The molecule has 0 amide bonds. The normalized spacial score (nSPS) is 15.0. The molecule has 0 spiro atoms. The highest BCUT2D eigenvalue weighted by Crippen LogP contribution is 2.44. The Morgan fingerprint density at radius 2 is 0.925 bits per heavy atom. The molecule has 5 nitrogen and oxygen atoms in total. The molecule has 0 aliphatic heterocycles. The molecular formula is C88H80N4O. The number of ether oxygens (including phenoxy) is 1. The molecule has 14 aromatic rings. The first kappa shape index (κ1) is 42.7. The third-order valence-corrected chi connectivity index (χ3v) is 17.1. The number of pyridine rings is 1. The van der Waals surface area contributed by atoms with E-state index in [9.17, 15) is 12.3 Å². The summed E-state index contributed by atoms with van der Waals surface area (Å²) in [5.74, 6) is 1.67. The monoisotopic (exact) mass is 1230 g/mol. The first-order valence-corrected chi connectivity index (χ1v) is 31.2. The SMILES string of the molecule is [2H]c1c([2H])c([2H])c(-c2cc(-c3cccc(C(C)(C)C)c3)c(-[n+]3[c-]n(-c4cccc(Oc5ccc6c7ccccc7n(-c7cc(C(C)(C)C)ccn7)c6c5)c4)c4cc(-c5cc(C(C)(C)C)cc(C(C)(C)C)c5)ccc43)c(-c3c([2H])c(-c4c([2H])c([2H])c([2H])c([2H])c4[2H])c([2H])c(-c4c([2H])c([2H])c([2H])c([2H])c4[2H])c3[2H])c2)c([2H])c1[2H]. The van der Waals surface area contributed by atoms with Gasteiger partial charge in [-0.05, 0) is 196 Å². The number of hydrogen-bond acceptors (Lipinski definition) is 2. The number of fused-ring (bicyclic) bond motifs is 4. The van der Waals surface area contributed by atoms with E-state index in [4.69, 9.17) is 22.1 Å². The lowest BCUT2D eigenvalue weighted by Crippen LogP contribution is -2.31. The molecule has 11 aromatic carbocycles. The molecule has 93 heavy (non-hydrogen) atoms. The number of nitrogens with zero attached hydrogens (tertiary/aromatic N) is 4. The summed E-state index contributed by atoms with van der Waals surface area (Å²) in [5, 5.41) is 2.01. The molecule has 0 N–H and O–H groups in total. The lowest BCUT2D eigenvalue weighted by atomic mass is 9.79. The van der Waals surface area contributed by atoms with Crippen molar-refractivity contribution in [3.63, 3.8) is 0 Å². The van der Waals surface area contributed by atoms with E-state index in [1.54, 1.807) is 10.6 Å². The summed E-state index contributed by atoms with van der Waals surface area (Å²) >= 11 is 0. The van der Waals surface area contributed by atoms with Crippen molar-refractivity contribution in [1.29, 1.82) is 0 Å². The van der Waals surface area contributed by atoms with Gasteiger partial charge < -0.3 is 4.74 Å². The predicted molar refractivity (Wildman–Crippen MR) is 390 cm³/mol. The molecule has 3 heterocycles. The number of rotatable bonds is 11. The van der Waals surface area contributed by atoms with Gasteiger partial charge in [0.25, 0.3) is 6.33 Å². The second-order valence-corrected chi connectivity index (χ2v) is 27.8. The molecule has 14 rings (SSSR count). The second kappa shape index (κ2) is 23.4. The summed E-state index contributed by atoms with van der Waals surface area (Å²) in [5.41, 5.74) is 5.00. The number of benzene rings is 11. The minimum absolute atomic E-state index is 0.0394. The maximum absolute atomic E-state index is 10.7. The zero-order chi connectivity index (χ0) is 80.2. The van der Waals surface area contributed by atoms with Gasteiger partial charge in [0.05, 0.1) is 58.1 Å². The average molecular weight is 1230 g/mol. The molecule has 5 heteroatoms. The minimum Gasteiger partial charge on any atom is -0.458 e. The van der Waals surface area contributed by atoms with E-state index in [1.807, 2.05) is 135 Å². The van der Waals surface area contributed by atoms with Crippen LogP contribution in [0.5, 0.6) is 11.5 Å². The zero-order valence-corrected chi connectivity index (χ0v) is 54.2. The summed E-state index contributed by atoms with van der Waals surface area (Å²) in [7, 11) is 0. The number of aromatic nitrogens is 4. The third-order valence-electron chi connectivity index (χ3n) is 17.1. The van der Waals surface area contributed by atoms with Crippen LogP contribution < -0.4 is 9.30 Å². The van der Waals surface area contributed by atoms with Gasteiger partial charge in [-0.1, -0.05) is 253 Å². The molecule has 0 aliphatic carbocycles. The van der Waals surface area contributed by atoms with Crippen LogP contribution in [0.25, 0.3) is 117 Å². The molecule has 0 saturated carbocycles. The smallest absolute Gasteiger partial charge is 0.269 e. The average Bonchev–Trinajstić information content (AvgIpc) is 1.68. The Balaban J connectivity index is 1.14. The van der Waals surface area contributed by atoms with Crippen LogP contribution in [0.3, 0.4) is 0 Å². The maximum atomic E-state index is 10.7. The molecular weight excluding hydrogens is 1130 g/mol. The fraction of sp³-hybridized carbons (Fsp3) is 0.182. The first-order chi connectivity index (χ1) is 52.1. The van der Waals surface area contributed by atoms with E-state index < -0.39 is 142 Å². The standard InChI is InChI=1S/C88H80N4O/c1-85(2,3)68-33-24-32-62(47-68)77-50-66(60-30-20-15-21-31-60)51-78(67-45-63(58-26-16-13-17-27-58)44-64(46-67)59-28-18-14-19-29-59)84(77)91-57-90(82-52-61(38-41-80(82)91)65-48-70(87(7,8)9)53-71(49-65)88(10,11)12)72-34-25-35-73(55-72)93-74-39-40-76-75-36-22-23-37-79(75)92(81(76)56-74)83-54-69(42-43-89-83)86(4,5)6/h13-56H,1-12H3/i13D,14D,15D,16D,17D,18D,19D,20D,21D,26D,27D,28D,29D,30D,31D,44D,45D,46D. The van der Waals surface area contributed by atoms with Crippen LogP contribution in [0.15, 0.2) is 267 Å². The number of para-hydroxylation sites is 1. The van der Waals surface area contributed by atoms with Gasteiger partial charge in [0.15, 0.2) is 0 Å². The maximum Gasteiger partial charge on any atom is 0.269 e. The van der Waals surface area contributed by atoms with Crippen LogP contribution in [0.2, 0.25) is 0 Å². The van der Waals surface area contributed by atoms with Crippen molar-refractivity contribution in [3.05, 3.63) is 295 Å². The van der Waals surface area contributed by atoms with Crippen LogP contribution in [0, 0.1) is 6.33 Å². The Labute approximate surface area is 574 Å². The predicted octanol–water partition coefficient (Wildman–Crippen LogP) is 23.2. The fourth-order valence-electron chi connectivity index (χ4n) is 12.0. The highest BCUT2D eigenvalue weighted by molar-refractivity contribution is 6.09. The van der Waals surface area contributed by atoms with Crippen LogP contribution in [0.1, 0.15) is 130 Å². The van der Waals surface area contributed by atoms with Gasteiger partial charge in [0, 0.05) is 23.0 Å². The van der Waals surface area contributed by atoms with Crippen molar-refractivity contribution < 1.29 is 34.0 Å². The Hall–Kier alpha value is -10.4. The van der Waals surface area contributed by atoms with E-state index in [2.05, 4.69) is 110 Å². The van der Waals surface area contributed by atoms with Crippen molar-refractivity contribution in [3.8, 4) is 95.5 Å². The van der Waals surface area contributed by atoms with E-state index >= 15 is 0 Å².